The summed E-state index contributed by atoms with van der Waals surface area (Å²) in [6, 6.07) is 8.52. The van der Waals surface area contributed by atoms with E-state index in [1.54, 1.807) is 30.3 Å². The largest absolute Gasteiger partial charge is 0.486 e. The number of methoxy groups -OCH3 is 1. The summed E-state index contributed by atoms with van der Waals surface area (Å²) in [6.07, 6.45) is 3.56. The average molecular weight is 329 g/mol. The smallest absolute Gasteiger partial charge is 0.341 e. The van der Waals surface area contributed by atoms with Crippen molar-refractivity contribution in [3.63, 3.8) is 0 Å². The van der Waals surface area contributed by atoms with Gasteiger partial charge in [0.05, 0.1) is 13.4 Å². The van der Waals surface area contributed by atoms with Gasteiger partial charge in [-0.3, -0.25) is 4.79 Å². The number of hydrogen-bond donors (Lipinski definition) is 0. The first-order valence-corrected chi connectivity index (χ1v) is 7.86. The second-order valence-corrected chi connectivity index (χ2v) is 5.56. The van der Waals surface area contributed by atoms with Gasteiger partial charge in [-0.05, 0) is 43.2 Å². The lowest BCUT2D eigenvalue weighted by atomic mass is 10.2. The van der Waals surface area contributed by atoms with E-state index >= 15 is 0 Å². The Morgan fingerprint density at radius 3 is 2.50 bits per heavy atom. The molecule has 1 aliphatic heterocycles. The lowest BCUT2D eigenvalue weighted by molar-refractivity contribution is 0.0595. The van der Waals surface area contributed by atoms with Gasteiger partial charge in [-0.1, -0.05) is 0 Å². The molecule has 126 valence electrons. The van der Waals surface area contributed by atoms with Crippen molar-refractivity contribution in [3.8, 4) is 5.75 Å². The molecule has 1 aromatic carbocycles. The minimum absolute atomic E-state index is 0.0538. The molecule has 0 spiro atoms. The Hall–Kier alpha value is -2.76. The highest BCUT2D eigenvalue weighted by molar-refractivity contribution is 5.94. The van der Waals surface area contributed by atoms with Crippen LogP contribution in [0, 0.1) is 0 Å². The zero-order valence-electron chi connectivity index (χ0n) is 13.5. The Kier molecular flexibility index (Phi) is 4.84. The van der Waals surface area contributed by atoms with E-state index in [4.69, 9.17) is 9.15 Å². The number of furan rings is 1. The van der Waals surface area contributed by atoms with Gasteiger partial charge in [0.15, 0.2) is 5.76 Å². The Balaban J connectivity index is 1.61. The van der Waals surface area contributed by atoms with E-state index in [0.717, 1.165) is 25.9 Å². The summed E-state index contributed by atoms with van der Waals surface area (Å²) in [4.78, 5) is 25.7. The quantitative estimate of drug-likeness (QED) is 0.789. The molecule has 0 aliphatic carbocycles. The number of likely N-dealkylation sites (tertiary alicyclic amines) is 1. The molecule has 1 fully saturated rings. The van der Waals surface area contributed by atoms with Crippen molar-refractivity contribution in [1.29, 1.82) is 0 Å². The van der Waals surface area contributed by atoms with Gasteiger partial charge in [-0.15, -0.1) is 0 Å². The van der Waals surface area contributed by atoms with Gasteiger partial charge < -0.3 is 18.8 Å². The van der Waals surface area contributed by atoms with Gasteiger partial charge in [-0.2, -0.15) is 0 Å². The maximum atomic E-state index is 12.3. The summed E-state index contributed by atoms with van der Waals surface area (Å²) < 4.78 is 15.6. The lowest BCUT2D eigenvalue weighted by Crippen LogP contribution is -2.27. The first-order chi connectivity index (χ1) is 11.7. The summed E-state index contributed by atoms with van der Waals surface area (Å²) in [5.74, 6) is 0.589. The third-order valence-electron chi connectivity index (χ3n) is 4.02. The first kappa shape index (κ1) is 16.1. The summed E-state index contributed by atoms with van der Waals surface area (Å²) in [5.41, 5.74) is 0.996. The third-order valence-corrected chi connectivity index (χ3v) is 4.02. The molecule has 24 heavy (non-hydrogen) atoms. The molecule has 1 aliphatic rings. The summed E-state index contributed by atoms with van der Waals surface area (Å²) >= 11 is 0. The fourth-order valence-electron chi connectivity index (χ4n) is 2.69. The molecule has 1 amide bonds. The minimum Gasteiger partial charge on any atom is -0.486 e. The Morgan fingerprint density at radius 1 is 1.12 bits per heavy atom. The van der Waals surface area contributed by atoms with Crippen LogP contribution in [0.3, 0.4) is 0 Å². The molecule has 1 aromatic heterocycles. The predicted molar refractivity (Wildman–Crippen MR) is 86.0 cm³/mol. The molecule has 2 aromatic rings. The van der Waals surface area contributed by atoms with Gasteiger partial charge in [0, 0.05) is 18.7 Å². The molecule has 0 N–H and O–H groups in total. The van der Waals surface area contributed by atoms with Crippen molar-refractivity contribution < 1.29 is 23.5 Å². The fraction of sp³-hybridized carbons (Fsp3) is 0.333. The van der Waals surface area contributed by atoms with E-state index < -0.39 is 5.97 Å². The number of carbonyl (C=O) groups is 2. The van der Waals surface area contributed by atoms with Crippen LogP contribution in [-0.2, 0) is 11.3 Å². The molecule has 0 radical (unpaired) electrons. The highest BCUT2D eigenvalue weighted by Crippen LogP contribution is 2.19. The van der Waals surface area contributed by atoms with Crippen LogP contribution in [0.5, 0.6) is 5.75 Å². The molecule has 3 rings (SSSR count). The van der Waals surface area contributed by atoms with Crippen LogP contribution in [0.4, 0.5) is 0 Å². The number of esters is 1. The Labute approximate surface area is 140 Å². The van der Waals surface area contributed by atoms with Crippen molar-refractivity contribution in [2.75, 3.05) is 20.2 Å². The molecular formula is C18H19NO5. The highest BCUT2D eigenvalue weighted by atomic mass is 16.5. The topological polar surface area (TPSA) is 69.0 Å². The molecule has 0 bridgehead atoms. The molecule has 0 atom stereocenters. The van der Waals surface area contributed by atoms with E-state index in [2.05, 4.69) is 4.74 Å². The van der Waals surface area contributed by atoms with Crippen molar-refractivity contribution in [2.24, 2.45) is 0 Å². The van der Waals surface area contributed by atoms with Gasteiger partial charge >= 0.3 is 5.97 Å². The zero-order chi connectivity index (χ0) is 16.9. The molecule has 0 unspecified atom stereocenters. The summed E-state index contributed by atoms with van der Waals surface area (Å²) in [6.45, 7) is 1.76. The van der Waals surface area contributed by atoms with Crippen molar-refractivity contribution in [2.45, 2.75) is 19.4 Å². The number of amides is 1. The maximum absolute atomic E-state index is 12.3. The minimum atomic E-state index is -0.464. The molecule has 2 heterocycles. The number of ether oxygens (including phenoxy) is 2. The highest BCUT2D eigenvalue weighted by Gasteiger charge is 2.19. The predicted octanol–water partition coefficient (Wildman–Crippen LogP) is 2.88. The number of benzene rings is 1. The zero-order valence-corrected chi connectivity index (χ0v) is 13.5. The van der Waals surface area contributed by atoms with E-state index in [1.165, 1.54) is 13.4 Å². The molecule has 0 saturated carbocycles. The van der Waals surface area contributed by atoms with E-state index in [-0.39, 0.29) is 12.5 Å². The van der Waals surface area contributed by atoms with Crippen molar-refractivity contribution in [1.82, 2.24) is 4.90 Å². The summed E-state index contributed by atoms with van der Waals surface area (Å²) in [7, 11) is 1.32. The number of carbonyl (C=O) groups excluding carboxylic acids is 2. The number of nitrogens with zero attached hydrogens (tertiary/aromatic N) is 1. The monoisotopic (exact) mass is 329 g/mol. The second kappa shape index (κ2) is 7.21. The van der Waals surface area contributed by atoms with E-state index in [0.29, 0.717) is 22.6 Å². The normalized spacial score (nSPS) is 13.8. The van der Waals surface area contributed by atoms with Crippen molar-refractivity contribution in [3.05, 3.63) is 53.5 Å². The SMILES string of the molecule is COC(=O)c1ccoc1COc1ccc(C(=O)N2CCCC2)cc1. The van der Waals surface area contributed by atoms with E-state index in [9.17, 15) is 9.59 Å². The fourth-order valence-corrected chi connectivity index (χ4v) is 2.69. The van der Waals surface area contributed by atoms with Crippen LogP contribution in [0.15, 0.2) is 41.0 Å². The van der Waals surface area contributed by atoms with Gasteiger partial charge in [0.25, 0.3) is 5.91 Å². The lowest BCUT2D eigenvalue weighted by Gasteiger charge is -2.15. The molecule has 1 saturated heterocycles. The molecular weight excluding hydrogens is 310 g/mol. The van der Waals surface area contributed by atoms with Crippen LogP contribution in [0.25, 0.3) is 0 Å². The van der Waals surface area contributed by atoms with Crippen LogP contribution in [-0.4, -0.2) is 37.0 Å². The average Bonchev–Trinajstić information content (AvgIpc) is 3.30. The van der Waals surface area contributed by atoms with E-state index in [1.807, 2.05) is 4.90 Å². The Morgan fingerprint density at radius 2 is 1.83 bits per heavy atom. The van der Waals surface area contributed by atoms with Gasteiger partial charge in [-0.25, -0.2) is 4.79 Å². The summed E-state index contributed by atoms with van der Waals surface area (Å²) in [5, 5.41) is 0. The second-order valence-electron chi connectivity index (χ2n) is 5.56. The van der Waals surface area contributed by atoms with Crippen LogP contribution in [0.1, 0.15) is 39.3 Å². The van der Waals surface area contributed by atoms with Gasteiger partial charge in [0.2, 0.25) is 0 Å². The molecule has 6 heteroatoms. The standard InChI is InChI=1S/C18H19NO5/c1-22-18(21)15-8-11-23-16(15)12-24-14-6-4-13(5-7-14)17(20)19-9-2-3-10-19/h4-8,11H,2-3,9-10,12H2,1H3. The first-order valence-electron chi connectivity index (χ1n) is 7.86. The van der Waals surface area contributed by atoms with Gasteiger partial charge in [0.1, 0.15) is 17.9 Å². The van der Waals surface area contributed by atoms with Crippen LogP contribution >= 0.6 is 0 Å². The third kappa shape index (κ3) is 3.42. The number of hydrogen-bond acceptors (Lipinski definition) is 5. The maximum Gasteiger partial charge on any atom is 0.341 e. The van der Waals surface area contributed by atoms with Crippen LogP contribution < -0.4 is 4.74 Å². The van der Waals surface area contributed by atoms with Crippen molar-refractivity contribution >= 4 is 11.9 Å². The number of rotatable bonds is 5. The molecule has 6 nitrogen and oxygen atoms in total. The van der Waals surface area contributed by atoms with Crippen LogP contribution in [0.2, 0.25) is 0 Å². The Bertz CT molecular complexity index is 713.